The quantitative estimate of drug-likeness (QED) is 0.746. The Hall–Kier alpha value is -2.02. The SMILES string of the molecule is CCOC(=O)c1cc(C#N)cc(C)c1O. The van der Waals surface area contributed by atoms with Crippen LogP contribution in [-0.4, -0.2) is 17.7 Å². The number of aromatic hydroxyl groups is 1. The van der Waals surface area contributed by atoms with E-state index in [0.717, 1.165) is 0 Å². The summed E-state index contributed by atoms with van der Waals surface area (Å²) in [4.78, 5) is 11.4. The fourth-order valence-corrected chi connectivity index (χ4v) is 1.21. The van der Waals surface area contributed by atoms with E-state index in [1.165, 1.54) is 12.1 Å². The summed E-state index contributed by atoms with van der Waals surface area (Å²) >= 11 is 0. The van der Waals surface area contributed by atoms with Crippen LogP contribution in [0.5, 0.6) is 5.75 Å². The van der Waals surface area contributed by atoms with Crippen molar-refractivity contribution in [3.8, 4) is 11.8 Å². The molecule has 0 spiro atoms. The largest absolute Gasteiger partial charge is 0.507 e. The van der Waals surface area contributed by atoms with E-state index in [2.05, 4.69) is 0 Å². The number of ether oxygens (including phenoxy) is 1. The van der Waals surface area contributed by atoms with Crippen molar-refractivity contribution in [2.75, 3.05) is 6.61 Å². The van der Waals surface area contributed by atoms with Gasteiger partial charge in [-0.2, -0.15) is 5.26 Å². The number of benzene rings is 1. The Morgan fingerprint density at radius 2 is 2.27 bits per heavy atom. The zero-order valence-corrected chi connectivity index (χ0v) is 8.57. The minimum atomic E-state index is -0.616. The minimum Gasteiger partial charge on any atom is -0.507 e. The van der Waals surface area contributed by atoms with Crippen LogP contribution >= 0.6 is 0 Å². The highest BCUT2D eigenvalue weighted by Crippen LogP contribution is 2.24. The molecule has 15 heavy (non-hydrogen) atoms. The molecule has 4 nitrogen and oxygen atoms in total. The molecule has 0 aliphatic rings. The van der Waals surface area contributed by atoms with Crippen LogP contribution in [0.2, 0.25) is 0 Å². The van der Waals surface area contributed by atoms with Crippen LogP contribution in [0, 0.1) is 18.3 Å². The lowest BCUT2D eigenvalue weighted by atomic mass is 10.1. The average molecular weight is 205 g/mol. The minimum absolute atomic E-state index is 0.0356. The Kier molecular flexibility index (Phi) is 3.29. The van der Waals surface area contributed by atoms with E-state index in [0.29, 0.717) is 11.1 Å². The van der Waals surface area contributed by atoms with E-state index in [4.69, 9.17) is 10.00 Å². The second kappa shape index (κ2) is 4.47. The van der Waals surface area contributed by atoms with Gasteiger partial charge in [-0.25, -0.2) is 4.79 Å². The number of nitrogens with zero attached hydrogens (tertiary/aromatic N) is 1. The summed E-state index contributed by atoms with van der Waals surface area (Å²) in [6, 6.07) is 4.75. The molecular formula is C11H11NO3. The Morgan fingerprint density at radius 1 is 1.60 bits per heavy atom. The highest BCUT2D eigenvalue weighted by molar-refractivity contribution is 5.93. The first-order valence-electron chi connectivity index (χ1n) is 4.51. The van der Waals surface area contributed by atoms with Gasteiger partial charge in [0.25, 0.3) is 0 Å². The number of esters is 1. The molecule has 0 bridgehead atoms. The van der Waals surface area contributed by atoms with Gasteiger partial charge in [0, 0.05) is 0 Å². The summed E-state index contributed by atoms with van der Waals surface area (Å²) in [6.07, 6.45) is 0. The topological polar surface area (TPSA) is 70.3 Å². The first-order valence-corrected chi connectivity index (χ1v) is 4.51. The summed E-state index contributed by atoms with van der Waals surface area (Å²) in [7, 11) is 0. The van der Waals surface area contributed by atoms with Gasteiger partial charge in [-0.3, -0.25) is 0 Å². The van der Waals surface area contributed by atoms with Gasteiger partial charge in [0.2, 0.25) is 0 Å². The fourth-order valence-electron chi connectivity index (χ4n) is 1.21. The third kappa shape index (κ3) is 2.26. The van der Waals surface area contributed by atoms with Crippen molar-refractivity contribution in [2.24, 2.45) is 0 Å². The molecule has 0 saturated heterocycles. The van der Waals surface area contributed by atoms with Crippen molar-refractivity contribution in [1.82, 2.24) is 0 Å². The summed E-state index contributed by atoms with van der Waals surface area (Å²) < 4.78 is 4.75. The molecule has 1 rings (SSSR count). The van der Waals surface area contributed by atoms with Gasteiger partial charge in [-0.05, 0) is 31.5 Å². The smallest absolute Gasteiger partial charge is 0.341 e. The van der Waals surface area contributed by atoms with Crippen molar-refractivity contribution in [1.29, 1.82) is 5.26 Å². The molecule has 4 heteroatoms. The number of hydrogen-bond donors (Lipinski definition) is 1. The standard InChI is InChI=1S/C11H11NO3/c1-3-15-11(14)9-5-8(6-12)4-7(2)10(9)13/h4-5,13H,3H2,1-2H3. The number of phenolic OH excluding ortho intramolecular Hbond substituents is 1. The molecule has 0 saturated carbocycles. The maximum absolute atomic E-state index is 11.4. The van der Waals surface area contributed by atoms with Gasteiger partial charge in [0.05, 0.1) is 18.2 Å². The number of carbonyl (C=O) groups excluding carboxylic acids is 1. The molecule has 1 aromatic rings. The van der Waals surface area contributed by atoms with E-state index < -0.39 is 5.97 Å². The lowest BCUT2D eigenvalue weighted by Gasteiger charge is -2.06. The van der Waals surface area contributed by atoms with Crippen molar-refractivity contribution in [3.05, 3.63) is 28.8 Å². The molecule has 0 unspecified atom stereocenters. The number of carbonyl (C=O) groups is 1. The van der Waals surface area contributed by atoms with Crippen LogP contribution in [0.1, 0.15) is 28.4 Å². The van der Waals surface area contributed by atoms with Crippen LogP contribution in [0.4, 0.5) is 0 Å². The lowest BCUT2D eigenvalue weighted by Crippen LogP contribution is -2.06. The monoisotopic (exact) mass is 205 g/mol. The molecule has 0 atom stereocenters. The maximum atomic E-state index is 11.4. The Balaban J connectivity index is 3.23. The van der Waals surface area contributed by atoms with Crippen LogP contribution in [0.3, 0.4) is 0 Å². The summed E-state index contributed by atoms with van der Waals surface area (Å²) in [5, 5.41) is 18.3. The van der Waals surface area contributed by atoms with Crippen molar-refractivity contribution < 1.29 is 14.6 Å². The molecule has 1 N–H and O–H groups in total. The third-order valence-corrected chi connectivity index (χ3v) is 1.92. The van der Waals surface area contributed by atoms with Gasteiger partial charge in [0.15, 0.2) is 0 Å². The zero-order valence-electron chi connectivity index (χ0n) is 8.57. The molecule has 0 heterocycles. The van der Waals surface area contributed by atoms with Crippen molar-refractivity contribution in [3.63, 3.8) is 0 Å². The Labute approximate surface area is 87.7 Å². The number of nitriles is 1. The van der Waals surface area contributed by atoms with E-state index in [1.54, 1.807) is 13.8 Å². The molecule has 0 aliphatic carbocycles. The number of hydrogen-bond acceptors (Lipinski definition) is 4. The predicted molar refractivity (Wildman–Crippen MR) is 53.5 cm³/mol. The van der Waals surface area contributed by atoms with Gasteiger partial charge in [-0.1, -0.05) is 0 Å². The number of aryl methyl sites for hydroxylation is 1. The molecule has 0 amide bonds. The fraction of sp³-hybridized carbons (Fsp3) is 0.273. The normalized spacial score (nSPS) is 9.40. The summed E-state index contributed by atoms with van der Waals surface area (Å²) in [5.41, 5.74) is 0.846. The molecule has 0 fully saturated rings. The van der Waals surface area contributed by atoms with Crippen LogP contribution in [-0.2, 0) is 4.74 Å². The summed E-state index contributed by atoms with van der Waals surface area (Å²) in [5.74, 6) is -0.748. The average Bonchev–Trinajstić information content (AvgIpc) is 2.22. The number of rotatable bonds is 2. The Bertz CT molecular complexity index is 432. The zero-order chi connectivity index (χ0) is 11.4. The first kappa shape index (κ1) is 11.1. The molecule has 0 aliphatic heterocycles. The van der Waals surface area contributed by atoms with Gasteiger partial charge in [0.1, 0.15) is 11.3 Å². The summed E-state index contributed by atoms with van der Waals surface area (Å²) in [6.45, 7) is 3.53. The molecular weight excluding hydrogens is 194 g/mol. The Morgan fingerprint density at radius 3 is 2.80 bits per heavy atom. The maximum Gasteiger partial charge on any atom is 0.341 e. The third-order valence-electron chi connectivity index (χ3n) is 1.92. The second-order valence-corrected chi connectivity index (χ2v) is 3.02. The van der Waals surface area contributed by atoms with Crippen molar-refractivity contribution in [2.45, 2.75) is 13.8 Å². The van der Waals surface area contributed by atoms with Crippen LogP contribution in [0.25, 0.3) is 0 Å². The van der Waals surface area contributed by atoms with E-state index in [1.807, 2.05) is 6.07 Å². The van der Waals surface area contributed by atoms with Crippen LogP contribution < -0.4 is 0 Å². The van der Waals surface area contributed by atoms with E-state index in [-0.39, 0.29) is 17.9 Å². The van der Waals surface area contributed by atoms with Gasteiger partial charge < -0.3 is 9.84 Å². The molecule has 78 valence electrons. The van der Waals surface area contributed by atoms with E-state index in [9.17, 15) is 9.90 Å². The first-order chi connectivity index (χ1) is 7.10. The number of phenols is 1. The lowest BCUT2D eigenvalue weighted by molar-refractivity contribution is 0.0523. The second-order valence-electron chi connectivity index (χ2n) is 3.02. The van der Waals surface area contributed by atoms with Crippen molar-refractivity contribution >= 4 is 5.97 Å². The molecule has 1 aromatic carbocycles. The van der Waals surface area contributed by atoms with Gasteiger partial charge >= 0.3 is 5.97 Å². The van der Waals surface area contributed by atoms with E-state index >= 15 is 0 Å². The molecule has 0 radical (unpaired) electrons. The van der Waals surface area contributed by atoms with Gasteiger partial charge in [-0.15, -0.1) is 0 Å². The predicted octanol–water partition coefficient (Wildman–Crippen LogP) is 1.75. The molecule has 0 aromatic heterocycles. The highest BCUT2D eigenvalue weighted by atomic mass is 16.5. The highest BCUT2D eigenvalue weighted by Gasteiger charge is 2.15. The van der Waals surface area contributed by atoms with Crippen LogP contribution in [0.15, 0.2) is 12.1 Å².